The normalized spacial score (nSPS) is 6.11. The van der Waals surface area contributed by atoms with Gasteiger partial charge in [0, 0.05) is 0 Å². The molecule has 0 heterocycles. The van der Waals surface area contributed by atoms with Gasteiger partial charge in [-0.1, -0.05) is 38.9 Å². The van der Waals surface area contributed by atoms with Gasteiger partial charge in [-0.3, -0.25) is 0 Å². The Hall–Kier alpha value is 1.24. The van der Waals surface area contributed by atoms with Gasteiger partial charge in [0.05, 0.1) is 0 Å². The Bertz CT molecular complexity index is 52.9. The van der Waals surface area contributed by atoms with E-state index in [1.165, 1.54) is 12.8 Å². The molecule has 0 saturated heterocycles. The molecular weight excluding hydrogens is 161 g/mol. The molecule has 0 aliphatic rings. The van der Waals surface area contributed by atoms with Gasteiger partial charge in [0.1, 0.15) is 4.32 Å². The van der Waals surface area contributed by atoms with Crippen LogP contribution in [0.1, 0.15) is 26.7 Å². The molecule has 0 unspecified atom stereocenters. The van der Waals surface area contributed by atoms with Crippen LogP contribution >= 0.6 is 24.8 Å². The van der Waals surface area contributed by atoms with Crippen molar-refractivity contribution in [3.63, 3.8) is 0 Å². The molecule has 0 aromatic heterocycles. The van der Waals surface area contributed by atoms with Crippen LogP contribution in [-0.2, 0) is 0 Å². The maximum atomic E-state index is 4.71. The minimum atomic E-state index is 0. The number of hydrogen-bond acceptors (Lipinski definition) is 1. The van der Waals surface area contributed by atoms with Crippen molar-refractivity contribution < 1.29 is 0 Å². The van der Waals surface area contributed by atoms with Gasteiger partial charge in [0.25, 0.3) is 0 Å². The van der Waals surface area contributed by atoms with Gasteiger partial charge < -0.3 is 5.73 Å². The van der Waals surface area contributed by atoms with E-state index in [0.717, 1.165) is 0 Å². The Labute approximate surface area is 90.5 Å². The van der Waals surface area contributed by atoms with Crippen molar-refractivity contribution in [3.05, 3.63) is 0 Å². The first-order chi connectivity index (χ1) is 3.65. The van der Waals surface area contributed by atoms with Crippen LogP contribution < -0.4 is 5.73 Å². The molecule has 4 heteroatoms. The zero-order valence-electron chi connectivity index (χ0n) is 5.35. The fraction of sp³-hybridized carbons (Fsp3) is 0.800. The average Bonchev–Trinajstić information content (AvgIpc) is 1.65. The molecule has 0 saturated carbocycles. The number of thiocarbonyl (C=S) groups is 1. The molecule has 0 atom stereocenters. The Morgan fingerprint density at radius 1 is 1.44 bits per heavy atom. The summed E-state index contributed by atoms with van der Waals surface area (Å²) < 4.78 is 0.194. The summed E-state index contributed by atoms with van der Waals surface area (Å²) in [5.74, 6) is 0. The average molecular weight is 175 g/mol. The quantitative estimate of drug-likeness (QED) is 0.357. The zero-order chi connectivity index (χ0) is 6.99. The fourth-order valence-corrected chi connectivity index (χ4v) is 0. The van der Waals surface area contributed by atoms with Crippen LogP contribution in [-0.4, -0.2) is 33.9 Å². The first-order valence-electron chi connectivity index (χ1n) is 2.63. The van der Waals surface area contributed by atoms with Crippen molar-refractivity contribution in [2.24, 2.45) is 5.73 Å². The first kappa shape index (κ1) is 16.7. The van der Waals surface area contributed by atoms with Gasteiger partial charge in [0.2, 0.25) is 0 Å². The molecule has 0 radical (unpaired) electrons. The van der Waals surface area contributed by atoms with Crippen LogP contribution in [0.5, 0.6) is 0 Å². The van der Waals surface area contributed by atoms with E-state index in [9.17, 15) is 0 Å². The van der Waals surface area contributed by atoms with Crippen molar-refractivity contribution in [2.45, 2.75) is 26.7 Å². The van der Waals surface area contributed by atoms with Crippen LogP contribution in [0.25, 0.3) is 0 Å². The molecule has 9 heavy (non-hydrogen) atoms. The van der Waals surface area contributed by atoms with Gasteiger partial charge in [-0.25, -0.2) is 0 Å². The van der Waals surface area contributed by atoms with E-state index >= 15 is 0 Å². The van der Waals surface area contributed by atoms with E-state index in [0.29, 0.717) is 0 Å². The number of unbranched alkanes of at least 4 members (excludes halogenated alkanes) is 1. The van der Waals surface area contributed by atoms with Crippen molar-refractivity contribution in [1.82, 2.24) is 0 Å². The van der Waals surface area contributed by atoms with Crippen molar-refractivity contribution in [2.75, 3.05) is 0 Å². The van der Waals surface area contributed by atoms with E-state index < -0.39 is 0 Å². The Balaban J connectivity index is -0.0000000720. The van der Waals surface area contributed by atoms with Gasteiger partial charge in [-0.15, -0.1) is 12.6 Å². The summed E-state index contributed by atoms with van der Waals surface area (Å²) >= 11 is 7.65. The van der Waals surface area contributed by atoms with Crippen LogP contribution in [0.3, 0.4) is 0 Å². The molecule has 52 valence electrons. The molecule has 0 aromatic rings. The molecule has 0 fully saturated rings. The predicted octanol–water partition coefficient (Wildman–Crippen LogP) is 1.32. The third-order valence-electron chi connectivity index (χ3n) is 0.500. The van der Waals surface area contributed by atoms with E-state index in [1.807, 2.05) is 0 Å². The van der Waals surface area contributed by atoms with Crippen LogP contribution in [0.2, 0.25) is 0 Å². The SMILES string of the molecule is CCCC.NC(=S)S.[NaH]. The number of hydrogen-bond donors (Lipinski definition) is 2. The van der Waals surface area contributed by atoms with Crippen LogP contribution in [0, 0.1) is 0 Å². The second-order valence-electron chi connectivity index (χ2n) is 1.34. The first-order valence-corrected chi connectivity index (χ1v) is 3.49. The fourth-order valence-electron chi connectivity index (χ4n) is 0. The second kappa shape index (κ2) is 16.1. The predicted molar refractivity (Wildman–Crippen MR) is 53.5 cm³/mol. The zero-order valence-corrected chi connectivity index (χ0v) is 7.06. The molecule has 0 bridgehead atoms. The number of nitrogens with two attached hydrogens (primary N) is 1. The molecule has 2 N–H and O–H groups in total. The van der Waals surface area contributed by atoms with E-state index in [2.05, 4.69) is 38.7 Å². The minimum absolute atomic E-state index is 0. The molecular formula is C5H14NNaS2. The summed E-state index contributed by atoms with van der Waals surface area (Å²) in [5.41, 5.74) is 4.71. The summed E-state index contributed by atoms with van der Waals surface area (Å²) in [4.78, 5) is 0. The molecule has 0 spiro atoms. The van der Waals surface area contributed by atoms with E-state index in [-0.39, 0.29) is 33.9 Å². The topological polar surface area (TPSA) is 26.0 Å². The third kappa shape index (κ3) is 96.5. The third-order valence-corrected chi connectivity index (χ3v) is 0.500. The molecule has 0 aliphatic heterocycles. The maximum absolute atomic E-state index is 4.71. The van der Waals surface area contributed by atoms with Crippen molar-refractivity contribution in [1.29, 1.82) is 0 Å². The Morgan fingerprint density at radius 3 is 1.56 bits per heavy atom. The molecule has 1 nitrogen and oxygen atoms in total. The summed E-state index contributed by atoms with van der Waals surface area (Å²) in [6.07, 6.45) is 2.64. The van der Waals surface area contributed by atoms with Crippen molar-refractivity contribution in [3.8, 4) is 0 Å². The Kier molecular flexibility index (Phi) is 29.9. The Morgan fingerprint density at radius 2 is 1.56 bits per heavy atom. The standard InChI is InChI=1S/C4H10.CH3NS2.Na.H/c1-3-4-2;2-1(3)4;;/h3-4H2,1-2H3;(H3,2,3,4);;. The van der Waals surface area contributed by atoms with Gasteiger partial charge in [-0.05, 0) is 0 Å². The summed E-state index contributed by atoms with van der Waals surface area (Å²) in [5, 5.41) is 0. The monoisotopic (exact) mass is 175 g/mol. The van der Waals surface area contributed by atoms with E-state index in [1.54, 1.807) is 0 Å². The molecule has 0 amide bonds. The van der Waals surface area contributed by atoms with Crippen LogP contribution in [0.4, 0.5) is 0 Å². The van der Waals surface area contributed by atoms with Crippen molar-refractivity contribution >= 4 is 58.7 Å². The summed E-state index contributed by atoms with van der Waals surface area (Å²) in [7, 11) is 0. The molecule has 0 aliphatic carbocycles. The summed E-state index contributed by atoms with van der Waals surface area (Å²) in [6.45, 7) is 4.36. The number of rotatable bonds is 1. The van der Waals surface area contributed by atoms with Gasteiger partial charge in [-0.2, -0.15) is 0 Å². The number of thiol groups is 1. The van der Waals surface area contributed by atoms with E-state index in [4.69, 9.17) is 5.73 Å². The summed E-state index contributed by atoms with van der Waals surface area (Å²) in [6, 6.07) is 0. The molecule has 0 rings (SSSR count). The van der Waals surface area contributed by atoms with Gasteiger partial charge in [0.15, 0.2) is 0 Å². The van der Waals surface area contributed by atoms with Crippen LogP contribution in [0.15, 0.2) is 0 Å². The molecule has 0 aromatic carbocycles. The second-order valence-corrected chi connectivity index (χ2v) is 2.56. The van der Waals surface area contributed by atoms with Gasteiger partial charge >= 0.3 is 29.6 Å².